The van der Waals surface area contributed by atoms with Crippen LogP contribution in [0.15, 0.2) is 6.07 Å². The van der Waals surface area contributed by atoms with Crippen LogP contribution < -0.4 is 5.32 Å². The Bertz CT molecular complexity index is 425. The van der Waals surface area contributed by atoms with Crippen molar-refractivity contribution in [2.24, 2.45) is 5.92 Å². The standard InChI is InChI=1S/C11H13Cl2N3O/c12-9-5-8(11(13)16-15-9)14-7-3-4-17-10(7)6-1-2-6/h5-7,10H,1-4H2,(H,14,15). The third-order valence-corrected chi connectivity index (χ3v) is 3.75. The number of hydrogen-bond acceptors (Lipinski definition) is 4. The molecule has 1 saturated carbocycles. The molecule has 1 aliphatic carbocycles. The van der Waals surface area contributed by atoms with Gasteiger partial charge in [0.15, 0.2) is 10.3 Å². The molecule has 0 spiro atoms. The summed E-state index contributed by atoms with van der Waals surface area (Å²) in [6, 6.07) is 2.01. The summed E-state index contributed by atoms with van der Waals surface area (Å²) >= 11 is 11.8. The second-order valence-corrected chi connectivity index (χ2v) is 5.33. The van der Waals surface area contributed by atoms with Gasteiger partial charge in [-0.05, 0) is 25.2 Å². The van der Waals surface area contributed by atoms with Gasteiger partial charge >= 0.3 is 0 Å². The Labute approximate surface area is 110 Å². The fourth-order valence-corrected chi connectivity index (χ4v) is 2.60. The zero-order valence-corrected chi connectivity index (χ0v) is 10.7. The summed E-state index contributed by atoms with van der Waals surface area (Å²) in [6.45, 7) is 0.808. The molecule has 4 nitrogen and oxygen atoms in total. The summed E-state index contributed by atoms with van der Waals surface area (Å²) in [5, 5.41) is 11.6. The molecule has 2 unspecified atom stereocenters. The first-order valence-electron chi connectivity index (χ1n) is 5.81. The molecule has 1 saturated heterocycles. The van der Waals surface area contributed by atoms with Crippen molar-refractivity contribution in [1.29, 1.82) is 0 Å². The normalized spacial score (nSPS) is 28.4. The van der Waals surface area contributed by atoms with Gasteiger partial charge in [-0.3, -0.25) is 0 Å². The van der Waals surface area contributed by atoms with Crippen LogP contribution >= 0.6 is 23.2 Å². The van der Waals surface area contributed by atoms with Crippen molar-refractivity contribution in [1.82, 2.24) is 10.2 Å². The molecular weight excluding hydrogens is 261 g/mol. The highest BCUT2D eigenvalue weighted by Crippen LogP contribution is 2.40. The van der Waals surface area contributed by atoms with E-state index in [4.69, 9.17) is 27.9 Å². The number of hydrogen-bond donors (Lipinski definition) is 1. The third-order valence-electron chi connectivity index (χ3n) is 3.28. The van der Waals surface area contributed by atoms with Crippen molar-refractivity contribution in [3.63, 3.8) is 0 Å². The molecule has 1 aromatic heterocycles. The van der Waals surface area contributed by atoms with Crippen LogP contribution in [0.2, 0.25) is 10.3 Å². The Balaban J connectivity index is 1.74. The van der Waals surface area contributed by atoms with Crippen LogP contribution in [0.4, 0.5) is 5.69 Å². The van der Waals surface area contributed by atoms with Crippen molar-refractivity contribution in [3.8, 4) is 0 Å². The van der Waals surface area contributed by atoms with E-state index in [1.54, 1.807) is 6.07 Å². The number of rotatable bonds is 3. The number of aromatic nitrogens is 2. The minimum Gasteiger partial charge on any atom is -0.377 e. The van der Waals surface area contributed by atoms with Crippen molar-refractivity contribution < 1.29 is 4.74 Å². The Morgan fingerprint density at radius 2 is 2.06 bits per heavy atom. The topological polar surface area (TPSA) is 47.0 Å². The van der Waals surface area contributed by atoms with Gasteiger partial charge in [0.2, 0.25) is 0 Å². The van der Waals surface area contributed by atoms with Gasteiger partial charge in [-0.15, -0.1) is 10.2 Å². The fraction of sp³-hybridized carbons (Fsp3) is 0.636. The van der Waals surface area contributed by atoms with Crippen LogP contribution in [0.5, 0.6) is 0 Å². The fourth-order valence-electron chi connectivity index (χ4n) is 2.31. The molecule has 2 atom stereocenters. The molecule has 1 aliphatic heterocycles. The Hall–Kier alpha value is -0.580. The smallest absolute Gasteiger partial charge is 0.174 e. The highest BCUT2D eigenvalue weighted by atomic mass is 35.5. The number of anilines is 1. The van der Waals surface area contributed by atoms with Gasteiger partial charge in [-0.25, -0.2) is 0 Å². The van der Waals surface area contributed by atoms with Gasteiger partial charge in [0.05, 0.1) is 17.8 Å². The summed E-state index contributed by atoms with van der Waals surface area (Å²) in [4.78, 5) is 0. The van der Waals surface area contributed by atoms with Crippen LogP contribution in [0.3, 0.4) is 0 Å². The predicted octanol–water partition coefficient (Wildman–Crippen LogP) is 2.76. The highest BCUT2D eigenvalue weighted by molar-refractivity contribution is 6.33. The number of nitrogens with one attached hydrogen (secondary N) is 1. The Kier molecular flexibility index (Phi) is 3.11. The van der Waals surface area contributed by atoms with E-state index < -0.39 is 0 Å². The Morgan fingerprint density at radius 1 is 1.24 bits per heavy atom. The average molecular weight is 274 g/mol. The first-order chi connectivity index (χ1) is 8.24. The first kappa shape index (κ1) is 11.5. The lowest BCUT2D eigenvalue weighted by molar-refractivity contribution is 0.0898. The molecular formula is C11H13Cl2N3O. The summed E-state index contributed by atoms with van der Waals surface area (Å²) in [5.74, 6) is 0.707. The van der Waals surface area contributed by atoms with E-state index in [1.165, 1.54) is 12.8 Å². The first-order valence-corrected chi connectivity index (χ1v) is 6.56. The number of halogens is 2. The molecule has 0 amide bonds. The quantitative estimate of drug-likeness (QED) is 0.920. The molecule has 3 rings (SSSR count). The second kappa shape index (κ2) is 4.59. The highest BCUT2D eigenvalue weighted by Gasteiger charge is 2.40. The van der Waals surface area contributed by atoms with E-state index in [0.29, 0.717) is 28.4 Å². The molecule has 17 heavy (non-hydrogen) atoms. The summed E-state index contributed by atoms with van der Waals surface area (Å²) in [7, 11) is 0. The largest absolute Gasteiger partial charge is 0.377 e. The van der Waals surface area contributed by atoms with Gasteiger partial charge in [0, 0.05) is 12.7 Å². The third kappa shape index (κ3) is 2.49. The number of nitrogens with zero attached hydrogens (tertiary/aromatic N) is 2. The van der Waals surface area contributed by atoms with E-state index >= 15 is 0 Å². The van der Waals surface area contributed by atoms with Crippen molar-refractivity contribution >= 4 is 28.9 Å². The van der Waals surface area contributed by atoms with Crippen LogP contribution in [-0.2, 0) is 4.74 Å². The molecule has 0 radical (unpaired) electrons. The van der Waals surface area contributed by atoms with E-state index in [1.807, 2.05) is 0 Å². The van der Waals surface area contributed by atoms with Crippen molar-refractivity contribution in [2.45, 2.75) is 31.4 Å². The molecule has 0 aromatic carbocycles. The number of ether oxygens (including phenoxy) is 1. The average Bonchev–Trinajstić information content (AvgIpc) is 3.05. The van der Waals surface area contributed by atoms with Crippen LogP contribution in [0.1, 0.15) is 19.3 Å². The van der Waals surface area contributed by atoms with Gasteiger partial charge in [-0.2, -0.15) is 0 Å². The summed E-state index contributed by atoms with van der Waals surface area (Å²) in [5.41, 5.74) is 0.743. The van der Waals surface area contributed by atoms with Crippen molar-refractivity contribution in [2.75, 3.05) is 11.9 Å². The molecule has 92 valence electrons. The molecule has 1 N–H and O–H groups in total. The van der Waals surface area contributed by atoms with Gasteiger partial charge < -0.3 is 10.1 Å². The zero-order chi connectivity index (χ0) is 11.8. The lowest BCUT2D eigenvalue weighted by Crippen LogP contribution is -2.31. The van der Waals surface area contributed by atoms with Gasteiger partial charge in [0.1, 0.15) is 0 Å². The van der Waals surface area contributed by atoms with E-state index in [2.05, 4.69) is 15.5 Å². The minimum absolute atomic E-state index is 0.304. The van der Waals surface area contributed by atoms with Gasteiger partial charge in [-0.1, -0.05) is 23.2 Å². The predicted molar refractivity (Wildman–Crippen MR) is 66.5 cm³/mol. The SMILES string of the molecule is Clc1cc(NC2CCOC2C2CC2)c(Cl)nn1. The molecule has 0 bridgehead atoms. The maximum absolute atomic E-state index is 5.98. The maximum Gasteiger partial charge on any atom is 0.174 e. The van der Waals surface area contributed by atoms with Crippen LogP contribution in [0, 0.1) is 5.92 Å². The monoisotopic (exact) mass is 273 g/mol. The van der Waals surface area contributed by atoms with E-state index in [0.717, 1.165) is 18.7 Å². The minimum atomic E-state index is 0.304. The molecule has 6 heteroatoms. The Morgan fingerprint density at radius 3 is 2.82 bits per heavy atom. The second-order valence-electron chi connectivity index (χ2n) is 4.58. The molecule has 1 aromatic rings. The molecule has 2 fully saturated rings. The molecule has 2 heterocycles. The zero-order valence-electron chi connectivity index (χ0n) is 9.20. The lowest BCUT2D eigenvalue weighted by atomic mass is 10.1. The van der Waals surface area contributed by atoms with E-state index in [9.17, 15) is 0 Å². The molecule has 2 aliphatic rings. The van der Waals surface area contributed by atoms with Gasteiger partial charge in [0.25, 0.3) is 0 Å². The van der Waals surface area contributed by atoms with Crippen LogP contribution in [-0.4, -0.2) is 29.0 Å². The van der Waals surface area contributed by atoms with Crippen LogP contribution in [0.25, 0.3) is 0 Å². The summed E-state index contributed by atoms with van der Waals surface area (Å²) in [6.07, 6.45) is 3.84. The summed E-state index contributed by atoms with van der Waals surface area (Å²) < 4.78 is 5.76. The van der Waals surface area contributed by atoms with Crippen molar-refractivity contribution in [3.05, 3.63) is 16.4 Å². The van der Waals surface area contributed by atoms with E-state index in [-0.39, 0.29) is 0 Å². The maximum atomic E-state index is 5.98. The lowest BCUT2D eigenvalue weighted by Gasteiger charge is -2.20.